The van der Waals surface area contributed by atoms with Crippen LogP contribution in [0.25, 0.3) is 0 Å². The summed E-state index contributed by atoms with van der Waals surface area (Å²) in [6.07, 6.45) is -0.736. The highest BCUT2D eigenvalue weighted by molar-refractivity contribution is 5.94. The molecule has 0 saturated carbocycles. The van der Waals surface area contributed by atoms with E-state index in [2.05, 4.69) is 4.90 Å². The van der Waals surface area contributed by atoms with Crippen LogP contribution >= 0.6 is 0 Å². The first-order chi connectivity index (χ1) is 13.6. The topological polar surface area (TPSA) is 62.2 Å². The van der Waals surface area contributed by atoms with E-state index in [1.165, 1.54) is 12.1 Å². The molecule has 28 heavy (non-hydrogen) atoms. The number of aliphatic hydroxyl groups excluding tert-OH is 1. The van der Waals surface area contributed by atoms with Gasteiger partial charge in [0.1, 0.15) is 18.5 Å². The molecule has 2 aromatic rings. The number of hydrogen-bond donors (Lipinski definition) is 1. The molecule has 2 aromatic carbocycles. The highest BCUT2D eigenvalue weighted by Crippen LogP contribution is 2.17. The lowest BCUT2D eigenvalue weighted by atomic mass is 10.1. The third kappa shape index (κ3) is 5.21. The van der Waals surface area contributed by atoms with Crippen molar-refractivity contribution >= 4 is 5.91 Å². The minimum atomic E-state index is -0.736. The predicted octanol–water partition coefficient (Wildman–Crippen LogP) is 2.03. The van der Waals surface area contributed by atoms with Crippen molar-refractivity contribution in [2.75, 3.05) is 46.4 Å². The Kier molecular flexibility index (Phi) is 6.84. The predicted molar refractivity (Wildman–Crippen MR) is 103 cm³/mol. The van der Waals surface area contributed by atoms with Gasteiger partial charge in [0.25, 0.3) is 5.91 Å². The normalized spacial score (nSPS) is 15.9. The van der Waals surface area contributed by atoms with E-state index in [1.54, 1.807) is 48.4 Å². The number of benzene rings is 2. The number of rotatable bonds is 7. The van der Waals surface area contributed by atoms with Gasteiger partial charge < -0.3 is 19.5 Å². The van der Waals surface area contributed by atoms with Gasteiger partial charge in [-0.1, -0.05) is 18.2 Å². The first kappa shape index (κ1) is 20.1. The largest absolute Gasteiger partial charge is 0.497 e. The van der Waals surface area contributed by atoms with E-state index in [0.717, 1.165) is 0 Å². The minimum absolute atomic E-state index is 0.0177. The Morgan fingerprint density at radius 2 is 1.89 bits per heavy atom. The van der Waals surface area contributed by atoms with Gasteiger partial charge in [-0.2, -0.15) is 0 Å². The molecule has 1 aliphatic rings. The maximum Gasteiger partial charge on any atom is 0.254 e. The first-order valence-corrected chi connectivity index (χ1v) is 9.28. The Hall–Kier alpha value is -2.64. The molecule has 1 amide bonds. The number of ether oxygens (including phenoxy) is 2. The summed E-state index contributed by atoms with van der Waals surface area (Å²) in [6.45, 7) is 2.91. The number of halogens is 1. The number of piperazine rings is 1. The third-order valence-electron chi connectivity index (χ3n) is 4.71. The zero-order valence-electron chi connectivity index (χ0n) is 15.9. The number of nitrogens with zero attached hydrogens (tertiary/aromatic N) is 2. The van der Waals surface area contributed by atoms with Crippen molar-refractivity contribution in [3.63, 3.8) is 0 Å². The van der Waals surface area contributed by atoms with Gasteiger partial charge in [-0.25, -0.2) is 4.39 Å². The SMILES string of the molecule is COc1cccc(C(=O)N2CCN(CC(O)COc3ccccc3F)CC2)c1. The summed E-state index contributed by atoms with van der Waals surface area (Å²) < 4.78 is 24.1. The van der Waals surface area contributed by atoms with Crippen LogP contribution in [0.2, 0.25) is 0 Å². The number of aliphatic hydroxyl groups is 1. The molecule has 3 rings (SSSR count). The van der Waals surface area contributed by atoms with E-state index in [0.29, 0.717) is 44.0 Å². The average molecular weight is 388 g/mol. The van der Waals surface area contributed by atoms with Crippen molar-refractivity contribution in [3.8, 4) is 11.5 Å². The molecule has 0 radical (unpaired) electrons. The summed E-state index contributed by atoms with van der Waals surface area (Å²) in [4.78, 5) is 16.5. The van der Waals surface area contributed by atoms with Crippen molar-refractivity contribution in [2.45, 2.75) is 6.10 Å². The van der Waals surface area contributed by atoms with Crippen LogP contribution in [0, 0.1) is 5.82 Å². The molecular formula is C21H25FN2O4. The van der Waals surface area contributed by atoms with Crippen LogP contribution in [-0.4, -0.2) is 73.4 Å². The molecule has 0 aromatic heterocycles. The fourth-order valence-corrected chi connectivity index (χ4v) is 3.17. The third-order valence-corrected chi connectivity index (χ3v) is 4.71. The van der Waals surface area contributed by atoms with Gasteiger partial charge in [-0.15, -0.1) is 0 Å². The van der Waals surface area contributed by atoms with Crippen molar-refractivity contribution < 1.29 is 23.8 Å². The highest BCUT2D eigenvalue weighted by atomic mass is 19.1. The van der Waals surface area contributed by atoms with E-state index < -0.39 is 11.9 Å². The molecular weight excluding hydrogens is 363 g/mol. The Morgan fingerprint density at radius 1 is 1.14 bits per heavy atom. The molecule has 1 atom stereocenters. The number of carbonyl (C=O) groups excluding carboxylic acids is 1. The van der Waals surface area contributed by atoms with Gasteiger partial charge >= 0.3 is 0 Å². The lowest BCUT2D eigenvalue weighted by Crippen LogP contribution is -2.51. The van der Waals surface area contributed by atoms with Gasteiger partial charge in [0.05, 0.1) is 7.11 Å². The van der Waals surface area contributed by atoms with Crippen LogP contribution < -0.4 is 9.47 Å². The molecule has 150 valence electrons. The second-order valence-corrected chi connectivity index (χ2v) is 6.72. The Balaban J connectivity index is 1.44. The monoisotopic (exact) mass is 388 g/mol. The fraction of sp³-hybridized carbons (Fsp3) is 0.381. The molecule has 1 N–H and O–H groups in total. The van der Waals surface area contributed by atoms with Crippen molar-refractivity contribution in [1.82, 2.24) is 9.80 Å². The lowest BCUT2D eigenvalue weighted by Gasteiger charge is -2.35. The van der Waals surface area contributed by atoms with Crippen LogP contribution in [0.1, 0.15) is 10.4 Å². The van der Waals surface area contributed by atoms with E-state index in [1.807, 2.05) is 0 Å². The van der Waals surface area contributed by atoms with Gasteiger partial charge in [-0.3, -0.25) is 9.69 Å². The standard InChI is InChI=1S/C21H25FN2O4/c1-27-18-6-4-5-16(13-18)21(26)24-11-9-23(10-12-24)14-17(25)15-28-20-8-3-2-7-19(20)22/h2-8,13,17,25H,9-12,14-15H2,1H3. The van der Waals surface area contributed by atoms with E-state index >= 15 is 0 Å². The smallest absolute Gasteiger partial charge is 0.254 e. The zero-order valence-corrected chi connectivity index (χ0v) is 15.9. The van der Waals surface area contributed by atoms with Gasteiger partial charge in [0.15, 0.2) is 11.6 Å². The number of methoxy groups -OCH3 is 1. The molecule has 0 spiro atoms. The average Bonchev–Trinajstić information content (AvgIpc) is 2.73. The number of β-amino-alcohol motifs (C(OH)–C–C–N with tert-alkyl or cyclic N) is 1. The van der Waals surface area contributed by atoms with Gasteiger partial charge in [0, 0.05) is 38.3 Å². The van der Waals surface area contributed by atoms with E-state index in [-0.39, 0.29) is 18.3 Å². The quantitative estimate of drug-likeness (QED) is 0.787. The second kappa shape index (κ2) is 9.52. The Bertz CT molecular complexity index is 793. The molecule has 7 heteroatoms. The summed E-state index contributed by atoms with van der Waals surface area (Å²) in [5.41, 5.74) is 0.603. The summed E-state index contributed by atoms with van der Waals surface area (Å²) >= 11 is 0. The zero-order chi connectivity index (χ0) is 19.9. The van der Waals surface area contributed by atoms with E-state index in [9.17, 15) is 14.3 Å². The summed E-state index contributed by atoms with van der Waals surface area (Å²) in [6, 6.07) is 13.2. The number of carbonyl (C=O) groups is 1. The highest BCUT2D eigenvalue weighted by Gasteiger charge is 2.24. The lowest BCUT2D eigenvalue weighted by molar-refractivity contribution is 0.0398. The molecule has 0 bridgehead atoms. The Morgan fingerprint density at radius 3 is 2.61 bits per heavy atom. The van der Waals surface area contributed by atoms with Crippen LogP contribution in [0.3, 0.4) is 0 Å². The van der Waals surface area contributed by atoms with Crippen LogP contribution in [0.4, 0.5) is 4.39 Å². The summed E-state index contributed by atoms with van der Waals surface area (Å²) in [7, 11) is 1.57. The minimum Gasteiger partial charge on any atom is -0.497 e. The molecule has 1 fully saturated rings. The second-order valence-electron chi connectivity index (χ2n) is 6.72. The number of amides is 1. The summed E-state index contributed by atoms with van der Waals surface area (Å²) in [5, 5.41) is 10.2. The van der Waals surface area contributed by atoms with Crippen molar-refractivity contribution in [2.24, 2.45) is 0 Å². The number of para-hydroxylation sites is 1. The maximum atomic E-state index is 13.5. The fourth-order valence-electron chi connectivity index (χ4n) is 3.17. The molecule has 1 aliphatic heterocycles. The first-order valence-electron chi connectivity index (χ1n) is 9.28. The van der Waals surface area contributed by atoms with Crippen LogP contribution in [-0.2, 0) is 0 Å². The van der Waals surface area contributed by atoms with Crippen molar-refractivity contribution in [3.05, 3.63) is 59.9 Å². The molecule has 0 aliphatic carbocycles. The van der Waals surface area contributed by atoms with Gasteiger partial charge in [-0.05, 0) is 30.3 Å². The van der Waals surface area contributed by atoms with Crippen LogP contribution in [0.5, 0.6) is 11.5 Å². The van der Waals surface area contributed by atoms with Crippen molar-refractivity contribution in [1.29, 1.82) is 0 Å². The summed E-state index contributed by atoms with van der Waals surface area (Å²) in [5.74, 6) is 0.319. The molecule has 6 nitrogen and oxygen atoms in total. The Labute approximate surface area is 164 Å². The van der Waals surface area contributed by atoms with Gasteiger partial charge in [0.2, 0.25) is 0 Å². The number of hydrogen-bond acceptors (Lipinski definition) is 5. The maximum absolute atomic E-state index is 13.5. The molecule has 1 saturated heterocycles. The van der Waals surface area contributed by atoms with E-state index in [4.69, 9.17) is 9.47 Å². The molecule has 1 heterocycles. The molecule has 1 unspecified atom stereocenters. The van der Waals surface area contributed by atoms with Crippen LogP contribution in [0.15, 0.2) is 48.5 Å².